The van der Waals surface area contributed by atoms with Crippen molar-refractivity contribution in [3.05, 3.63) is 47.2 Å². The number of ether oxygens (including phenoxy) is 1. The molecule has 2 aromatic rings. The Bertz CT molecular complexity index is 668. The number of aromatic nitrogens is 1. The number of fused-ring (bicyclic) bond motifs is 3. The van der Waals surface area contributed by atoms with Crippen molar-refractivity contribution < 1.29 is 9.53 Å². The van der Waals surface area contributed by atoms with Gasteiger partial charge in [0.2, 0.25) is 0 Å². The molecule has 0 amide bonds. The van der Waals surface area contributed by atoms with Gasteiger partial charge in [0.15, 0.2) is 0 Å². The molecule has 0 radical (unpaired) electrons. The molecule has 1 aliphatic heterocycles. The number of nitrogens with zero attached hydrogens (tertiary/aromatic N) is 1. The Kier molecular flexibility index (Phi) is 3.13. The number of aryl methyl sites for hydroxylation is 1. The smallest absolute Gasteiger partial charge is 0.354 e. The average molecular weight is 269 g/mol. The monoisotopic (exact) mass is 269 g/mol. The van der Waals surface area contributed by atoms with Crippen LogP contribution in [0.1, 0.15) is 41.4 Å². The minimum Gasteiger partial charge on any atom is -0.464 e. The van der Waals surface area contributed by atoms with Crippen molar-refractivity contribution in [3.8, 4) is 11.3 Å². The zero-order valence-corrected chi connectivity index (χ0v) is 12.1. The van der Waals surface area contributed by atoms with E-state index in [-0.39, 0.29) is 5.97 Å². The highest BCUT2D eigenvalue weighted by Gasteiger charge is 2.27. The third-order valence-electron chi connectivity index (χ3n) is 4.03. The van der Waals surface area contributed by atoms with E-state index in [0.717, 1.165) is 24.2 Å². The van der Waals surface area contributed by atoms with Crippen LogP contribution in [0.25, 0.3) is 11.3 Å². The lowest BCUT2D eigenvalue weighted by atomic mass is 9.98. The molecule has 0 N–H and O–H groups in total. The minimum absolute atomic E-state index is 0.237. The molecule has 0 unspecified atom stereocenters. The molecule has 3 rings (SSSR count). The zero-order valence-electron chi connectivity index (χ0n) is 12.1. The van der Waals surface area contributed by atoms with Crippen LogP contribution in [-0.4, -0.2) is 17.6 Å². The standard InChI is InChI=1S/C17H19NO2/c1-11(2)14-10-15-13-7-5-4-6-12(13)8-9-18(15)16(14)17(19)20-3/h4-7,10-11H,8-9H2,1-3H3. The largest absolute Gasteiger partial charge is 0.464 e. The normalized spacial score (nSPS) is 13.0. The molecule has 104 valence electrons. The van der Waals surface area contributed by atoms with E-state index in [1.807, 2.05) is 6.07 Å². The van der Waals surface area contributed by atoms with Crippen LogP contribution in [0.2, 0.25) is 0 Å². The molecule has 0 spiro atoms. The predicted octanol–water partition coefficient (Wildman–Crippen LogP) is 3.62. The van der Waals surface area contributed by atoms with Gasteiger partial charge in [0, 0.05) is 17.8 Å². The van der Waals surface area contributed by atoms with Gasteiger partial charge >= 0.3 is 5.97 Å². The first-order valence-electron chi connectivity index (χ1n) is 7.03. The van der Waals surface area contributed by atoms with Gasteiger partial charge in [-0.05, 0) is 29.5 Å². The van der Waals surface area contributed by atoms with Gasteiger partial charge in [0.05, 0.1) is 7.11 Å². The lowest BCUT2D eigenvalue weighted by Gasteiger charge is -2.20. The van der Waals surface area contributed by atoms with Crippen LogP contribution in [0.4, 0.5) is 0 Å². The predicted molar refractivity (Wildman–Crippen MR) is 79.0 cm³/mol. The Morgan fingerprint density at radius 2 is 2.05 bits per heavy atom. The maximum atomic E-state index is 12.1. The maximum absolute atomic E-state index is 12.1. The van der Waals surface area contributed by atoms with Crippen molar-refractivity contribution in [1.29, 1.82) is 0 Å². The highest BCUT2D eigenvalue weighted by Crippen LogP contribution is 2.36. The molecule has 0 atom stereocenters. The fraction of sp³-hybridized carbons (Fsp3) is 0.353. The average Bonchev–Trinajstić information content (AvgIpc) is 2.86. The van der Waals surface area contributed by atoms with Crippen molar-refractivity contribution in [2.24, 2.45) is 0 Å². The van der Waals surface area contributed by atoms with Gasteiger partial charge in [0.1, 0.15) is 5.69 Å². The quantitative estimate of drug-likeness (QED) is 0.780. The second-order valence-corrected chi connectivity index (χ2v) is 5.54. The molecule has 0 fully saturated rings. The summed E-state index contributed by atoms with van der Waals surface area (Å²) in [6.45, 7) is 5.06. The Morgan fingerprint density at radius 3 is 2.75 bits per heavy atom. The lowest BCUT2D eigenvalue weighted by Crippen LogP contribution is -2.18. The summed E-state index contributed by atoms with van der Waals surface area (Å²) in [6.07, 6.45) is 0.958. The molecule has 1 aromatic heterocycles. The molecule has 1 aliphatic rings. The van der Waals surface area contributed by atoms with Crippen LogP contribution >= 0.6 is 0 Å². The fourth-order valence-electron chi connectivity index (χ4n) is 3.01. The van der Waals surface area contributed by atoms with Gasteiger partial charge in [-0.25, -0.2) is 4.79 Å². The second-order valence-electron chi connectivity index (χ2n) is 5.54. The summed E-state index contributed by atoms with van der Waals surface area (Å²) < 4.78 is 7.09. The van der Waals surface area contributed by atoms with Crippen LogP contribution in [0.5, 0.6) is 0 Å². The lowest BCUT2D eigenvalue weighted by molar-refractivity contribution is 0.0586. The van der Waals surface area contributed by atoms with Gasteiger partial charge < -0.3 is 9.30 Å². The minimum atomic E-state index is -0.237. The van der Waals surface area contributed by atoms with Crippen molar-refractivity contribution in [1.82, 2.24) is 4.57 Å². The number of carbonyl (C=O) groups is 1. The molecule has 2 heterocycles. The van der Waals surface area contributed by atoms with Crippen LogP contribution in [0, 0.1) is 0 Å². The fourth-order valence-corrected chi connectivity index (χ4v) is 3.01. The molecule has 0 saturated carbocycles. The summed E-state index contributed by atoms with van der Waals surface area (Å²) in [6, 6.07) is 10.6. The summed E-state index contributed by atoms with van der Waals surface area (Å²) in [5.74, 6) is 0.0636. The summed E-state index contributed by atoms with van der Waals surface area (Å²) in [5.41, 5.74) is 5.51. The number of rotatable bonds is 2. The van der Waals surface area contributed by atoms with E-state index >= 15 is 0 Å². The van der Waals surface area contributed by atoms with E-state index in [1.165, 1.54) is 18.2 Å². The van der Waals surface area contributed by atoms with Gasteiger partial charge in [-0.1, -0.05) is 38.1 Å². The van der Waals surface area contributed by atoms with Gasteiger partial charge in [-0.2, -0.15) is 0 Å². The van der Waals surface area contributed by atoms with E-state index in [0.29, 0.717) is 11.6 Å². The number of methoxy groups -OCH3 is 1. The van der Waals surface area contributed by atoms with Gasteiger partial charge in [-0.15, -0.1) is 0 Å². The van der Waals surface area contributed by atoms with Crippen LogP contribution in [0.15, 0.2) is 30.3 Å². The molecule has 3 heteroatoms. The summed E-state index contributed by atoms with van der Waals surface area (Å²) in [7, 11) is 1.45. The highest BCUT2D eigenvalue weighted by atomic mass is 16.5. The van der Waals surface area contributed by atoms with E-state index in [2.05, 4.69) is 42.7 Å². The van der Waals surface area contributed by atoms with E-state index < -0.39 is 0 Å². The Morgan fingerprint density at radius 1 is 1.30 bits per heavy atom. The van der Waals surface area contributed by atoms with Crippen molar-refractivity contribution in [3.63, 3.8) is 0 Å². The molecular weight excluding hydrogens is 250 g/mol. The van der Waals surface area contributed by atoms with Gasteiger partial charge in [0.25, 0.3) is 0 Å². The first kappa shape index (κ1) is 13.0. The molecule has 20 heavy (non-hydrogen) atoms. The first-order valence-corrected chi connectivity index (χ1v) is 7.03. The van der Waals surface area contributed by atoms with Crippen molar-refractivity contribution >= 4 is 5.97 Å². The number of hydrogen-bond donors (Lipinski definition) is 0. The van der Waals surface area contributed by atoms with Crippen molar-refractivity contribution in [2.45, 2.75) is 32.7 Å². The summed E-state index contributed by atoms with van der Waals surface area (Å²) in [5, 5.41) is 0. The topological polar surface area (TPSA) is 31.2 Å². The zero-order chi connectivity index (χ0) is 14.3. The Hall–Kier alpha value is -2.03. The van der Waals surface area contributed by atoms with Crippen LogP contribution in [0.3, 0.4) is 0 Å². The molecular formula is C17H19NO2. The van der Waals surface area contributed by atoms with Crippen molar-refractivity contribution in [2.75, 3.05) is 7.11 Å². The van der Waals surface area contributed by atoms with Gasteiger partial charge in [-0.3, -0.25) is 0 Å². The summed E-state index contributed by atoms with van der Waals surface area (Å²) >= 11 is 0. The molecule has 0 aliphatic carbocycles. The summed E-state index contributed by atoms with van der Waals surface area (Å²) in [4.78, 5) is 12.1. The Labute approximate surface area is 119 Å². The molecule has 3 nitrogen and oxygen atoms in total. The van der Waals surface area contributed by atoms with Crippen LogP contribution in [-0.2, 0) is 17.7 Å². The third kappa shape index (κ3) is 1.85. The van der Waals surface area contributed by atoms with Crippen LogP contribution < -0.4 is 0 Å². The molecule has 0 saturated heterocycles. The highest BCUT2D eigenvalue weighted by molar-refractivity contribution is 5.92. The second kappa shape index (κ2) is 4.82. The number of carbonyl (C=O) groups excluding carboxylic acids is 1. The number of benzene rings is 1. The SMILES string of the molecule is COC(=O)c1c(C(C)C)cc2n1CCc1ccccc1-2. The Balaban J connectivity index is 2.25. The third-order valence-corrected chi connectivity index (χ3v) is 4.03. The number of esters is 1. The van der Waals surface area contributed by atoms with E-state index in [9.17, 15) is 4.79 Å². The number of hydrogen-bond acceptors (Lipinski definition) is 2. The van der Waals surface area contributed by atoms with E-state index in [1.54, 1.807) is 0 Å². The van der Waals surface area contributed by atoms with E-state index in [4.69, 9.17) is 4.74 Å². The molecule has 0 bridgehead atoms. The molecule has 1 aromatic carbocycles. The maximum Gasteiger partial charge on any atom is 0.354 e. The first-order chi connectivity index (χ1) is 9.63.